The number of furan rings is 2. The van der Waals surface area contributed by atoms with Crippen LogP contribution in [0.1, 0.15) is 37.5 Å². The van der Waals surface area contributed by atoms with Crippen molar-refractivity contribution in [3.05, 3.63) is 68.5 Å². The number of hydrogen-bond acceptors (Lipinski definition) is 6. The van der Waals surface area contributed by atoms with Crippen molar-refractivity contribution in [1.82, 2.24) is 0 Å². The van der Waals surface area contributed by atoms with Crippen molar-refractivity contribution in [3.63, 3.8) is 0 Å². The molecule has 1 saturated heterocycles. The van der Waals surface area contributed by atoms with Crippen molar-refractivity contribution < 1.29 is 24.0 Å². The van der Waals surface area contributed by atoms with Crippen molar-refractivity contribution in [3.8, 4) is 0 Å². The van der Waals surface area contributed by atoms with Gasteiger partial charge in [0.1, 0.15) is 5.41 Å². The maximum atomic E-state index is 11.7. The molecule has 0 radical (unpaired) electrons. The average molecular weight is 336 g/mol. The van der Waals surface area contributed by atoms with Gasteiger partial charge in [0.05, 0.1) is 12.5 Å². The van der Waals surface area contributed by atoms with Gasteiger partial charge < -0.3 is 14.2 Å². The Bertz CT molecular complexity index is 664. The molecule has 0 spiro atoms. The van der Waals surface area contributed by atoms with Crippen LogP contribution < -0.4 is 5.32 Å². The van der Waals surface area contributed by atoms with Gasteiger partial charge in [-0.25, -0.2) is 0 Å². The molecule has 0 bridgehead atoms. The standard InChI is InChI=1S/C15H17N3O6/c1-15(2)13(17(19)20)11(9-5-3-7-23-9)16-12(14(15)18(21)22)10-6-4-8-24-10/h3-8,11-14,16H,1-2H3/p+1/t11-,12+,13-,14-/m0/s1. The quantitative estimate of drug-likeness (QED) is 0.666. The van der Waals surface area contributed by atoms with E-state index in [1.807, 2.05) is 0 Å². The normalized spacial score (nSPS) is 29.2. The monoisotopic (exact) mass is 336 g/mol. The molecule has 1 fully saturated rings. The van der Waals surface area contributed by atoms with E-state index in [9.17, 15) is 20.2 Å². The molecule has 0 aromatic carbocycles. The minimum absolute atomic E-state index is 0.420. The van der Waals surface area contributed by atoms with Crippen molar-refractivity contribution in [2.45, 2.75) is 38.0 Å². The van der Waals surface area contributed by atoms with Gasteiger partial charge in [-0.1, -0.05) is 0 Å². The SMILES string of the molecule is CC1(C)[C@@H]([N+](=O)[O-])[C@@H](c2ccco2)[NH2+][C@@H](c2ccco2)[C@@H]1[N+](=O)[O-]. The summed E-state index contributed by atoms with van der Waals surface area (Å²) in [6.07, 6.45) is 2.88. The largest absolute Gasteiger partial charge is 0.463 e. The third-order valence-electron chi connectivity index (χ3n) is 4.82. The molecule has 0 aliphatic carbocycles. The van der Waals surface area contributed by atoms with Gasteiger partial charge in [-0.05, 0) is 38.1 Å². The van der Waals surface area contributed by atoms with Crippen LogP contribution in [0.3, 0.4) is 0 Å². The van der Waals surface area contributed by atoms with Gasteiger partial charge in [0, 0.05) is 9.85 Å². The molecule has 2 aromatic heterocycles. The molecule has 0 unspecified atom stereocenters. The van der Waals surface area contributed by atoms with E-state index in [0.717, 1.165) is 0 Å². The second kappa shape index (κ2) is 5.75. The number of nitrogens with zero attached hydrogens (tertiary/aromatic N) is 2. The summed E-state index contributed by atoms with van der Waals surface area (Å²) in [5.41, 5.74) is -1.21. The summed E-state index contributed by atoms with van der Waals surface area (Å²) in [6.45, 7) is 3.12. The Morgan fingerprint density at radius 2 is 1.38 bits per heavy atom. The topological polar surface area (TPSA) is 129 Å². The Morgan fingerprint density at radius 1 is 0.958 bits per heavy atom. The fourth-order valence-electron chi connectivity index (χ4n) is 3.80. The summed E-state index contributed by atoms with van der Waals surface area (Å²) in [7, 11) is 0. The molecule has 3 heterocycles. The molecular weight excluding hydrogens is 318 g/mol. The molecule has 2 N–H and O–H groups in total. The Kier molecular flexibility index (Phi) is 3.88. The van der Waals surface area contributed by atoms with Crippen molar-refractivity contribution in [2.75, 3.05) is 0 Å². The molecule has 1 aliphatic heterocycles. The molecule has 2 aromatic rings. The Morgan fingerprint density at radius 3 is 1.67 bits per heavy atom. The smallest absolute Gasteiger partial charge is 0.282 e. The first kappa shape index (κ1) is 16.2. The van der Waals surface area contributed by atoms with Crippen molar-refractivity contribution in [1.29, 1.82) is 0 Å². The van der Waals surface area contributed by atoms with E-state index in [1.165, 1.54) is 12.5 Å². The molecule has 1 aliphatic rings. The van der Waals surface area contributed by atoms with E-state index in [1.54, 1.807) is 43.4 Å². The van der Waals surface area contributed by atoms with Crippen LogP contribution in [-0.2, 0) is 0 Å². The summed E-state index contributed by atoms with van der Waals surface area (Å²) in [5, 5.41) is 25.1. The Hall–Kier alpha value is -2.68. The number of hydrogen-bond donors (Lipinski definition) is 1. The maximum Gasteiger partial charge on any atom is 0.282 e. The maximum absolute atomic E-state index is 11.7. The molecule has 24 heavy (non-hydrogen) atoms. The lowest BCUT2D eigenvalue weighted by Crippen LogP contribution is -2.95. The zero-order valence-electron chi connectivity index (χ0n) is 13.2. The predicted molar refractivity (Wildman–Crippen MR) is 80.2 cm³/mol. The number of piperidine rings is 1. The number of nitro groups is 2. The van der Waals surface area contributed by atoms with E-state index < -0.39 is 39.4 Å². The van der Waals surface area contributed by atoms with Gasteiger partial charge in [-0.2, -0.15) is 0 Å². The van der Waals surface area contributed by atoms with E-state index in [0.29, 0.717) is 11.5 Å². The number of quaternary nitrogens is 1. The van der Waals surface area contributed by atoms with Crippen LogP contribution in [0, 0.1) is 25.6 Å². The lowest BCUT2D eigenvalue weighted by atomic mass is 9.68. The number of nitrogens with two attached hydrogens (primary N) is 1. The van der Waals surface area contributed by atoms with Crippen LogP contribution in [0.25, 0.3) is 0 Å². The van der Waals surface area contributed by atoms with Crippen molar-refractivity contribution >= 4 is 0 Å². The third-order valence-corrected chi connectivity index (χ3v) is 4.82. The second-order valence-corrected chi connectivity index (χ2v) is 6.56. The average Bonchev–Trinajstić information content (AvgIpc) is 3.17. The van der Waals surface area contributed by atoms with E-state index in [2.05, 4.69) is 0 Å². The zero-order valence-corrected chi connectivity index (χ0v) is 13.2. The lowest BCUT2D eigenvalue weighted by molar-refractivity contribution is -0.821. The first-order valence-electron chi connectivity index (χ1n) is 7.53. The summed E-state index contributed by atoms with van der Waals surface area (Å²) in [4.78, 5) is 22.6. The highest BCUT2D eigenvalue weighted by atomic mass is 16.6. The van der Waals surface area contributed by atoms with Gasteiger partial charge in [0.25, 0.3) is 12.1 Å². The molecule has 0 amide bonds. The minimum atomic E-state index is -1.21. The van der Waals surface area contributed by atoms with Crippen LogP contribution in [0.15, 0.2) is 45.6 Å². The minimum Gasteiger partial charge on any atom is -0.463 e. The second-order valence-electron chi connectivity index (χ2n) is 6.56. The highest BCUT2D eigenvalue weighted by molar-refractivity contribution is 5.13. The molecule has 128 valence electrons. The predicted octanol–water partition coefficient (Wildman–Crippen LogP) is 1.55. The summed E-state index contributed by atoms with van der Waals surface area (Å²) < 4.78 is 10.7. The third kappa shape index (κ3) is 2.46. The van der Waals surface area contributed by atoms with Crippen LogP contribution in [0.5, 0.6) is 0 Å². The Labute approximate surface area is 136 Å². The summed E-state index contributed by atoms with van der Waals surface area (Å²) in [5.74, 6) is 0.839. The lowest BCUT2D eigenvalue weighted by Gasteiger charge is -2.40. The summed E-state index contributed by atoms with van der Waals surface area (Å²) >= 11 is 0. The van der Waals surface area contributed by atoms with Gasteiger partial charge in [0.2, 0.25) is 12.1 Å². The van der Waals surface area contributed by atoms with Crippen LogP contribution >= 0.6 is 0 Å². The van der Waals surface area contributed by atoms with Gasteiger partial charge in [-0.15, -0.1) is 0 Å². The number of rotatable bonds is 4. The van der Waals surface area contributed by atoms with Crippen LogP contribution in [-0.4, -0.2) is 21.9 Å². The molecule has 9 nitrogen and oxygen atoms in total. The molecule has 9 heteroatoms. The molecule has 0 saturated carbocycles. The van der Waals surface area contributed by atoms with Crippen molar-refractivity contribution in [2.24, 2.45) is 5.41 Å². The fourth-order valence-corrected chi connectivity index (χ4v) is 3.80. The van der Waals surface area contributed by atoms with E-state index in [-0.39, 0.29) is 0 Å². The molecule has 3 rings (SSSR count). The summed E-state index contributed by atoms with van der Waals surface area (Å²) in [6, 6.07) is 2.88. The Balaban J connectivity index is 2.12. The van der Waals surface area contributed by atoms with E-state index >= 15 is 0 Å². The highest BCUT2D eigenvalue weighted by Crippen LogP contribution is 2.43. The fraction of sp³-hybridized carbons (Fsp3) is 0.467. The first-order valence-corrected chi connectivity index (χ1v) is 7.53. The molecular formula is C15H18N3O6+. The van der Waals surface area contributed by atoms with E-state index in [4.69, 9.17) is 8.83 Å². The van der Waals surface area contributed by atoms with Gasteiger partial charge in [-0.3, -0.25) is 20.2 Å². The van der Waals surface area contributed by atoms with Gasteiger partial charge >= 0.3 is 0 Å². The zero-order chi connectivity index (χ0) is 17.5. The van der Waals surface area contributed by atoms with Crippen LogP contribution in [0.4, 0.5) is 0 Å². The van der Waals surface area contributed by atoms with Gasteiger partial charge in [0.15, 0.2) is 11.5 Å². The molecule has 4 atom stereocenters. The first-order chi connectivity index (χ1) is 11.3. The van der Waals surface area contributed by atoms with Crippen LogP contribution in [0.2, 0.25) is 0 Å². The highest BCUT2D eigenvalue weighted by Gasteiger charge is 2.67.